The Kier molecular flexibility index (Phi) is 5.04. The van der Waals surface area contributed by atoms with Gasteiger partial charge < -0.3 is 10.6 Å². The van der Waals surface area contributed by atoms with E-state index in [4.69, 9.17) is 0 Å². The molecule has 2 rings (SSSR count). The molecular weight excluding hydrogens is 266 g/mol. The summed E-state index contributed by atoms with van der Waals surface area (Å²) in [7, 11) is 0. The molecule has 2 amide bonds. The molecule has 0 saturated heterocycles. The molecule has 1 heterocycles. The Bertz CT molecular complexity index is 609. The molecule has 2 N–H and O–H groups in total. The van der Waals surface area contributed by atoms with Gasteiger partial charge in [-0.2, -0.15) is 0 Å². The first-order valence-electron chi connectivity index (χ1n) is 6.76. The molecule has 108 valence electrons. The molecule has 0 aliphatic rings. The van der Waals surface area contributed by atoms with E-state index in [0.717, 1.165) is 11.3 Å². The van der Waals surface area contributed by atoms with Crippen molar-refractivity contribution in [2.75, 3.05) is 5.32 Å². The Hall–Kier alpha value is -2.69. The average molecular weight is 283 g/mol. The third-order valence-corrected chi connectivity index (χ3v) is 2.94. The largest absolute Gasteiger partial charge is 0.348 e. The van der Waals surface area contributed by atoms with Crippen LogP contribution in [0.25, 0.3) is 0 Å². The van der Waals surface area contributed by atoms with Crippen molar-refractivity contribution in [3.8, 4) is 0 Å². The van der Waals surface area contributed by atoms with Gasteiger partial charge in [0.15, 0.2) is 0 Å². The number of carbonyl (C=O) groups excluding carboxylic acids is 2. The fraction of sp³-hybridized carbons (Fsp3) is 0.188. The molecule has 1 aromatic heterocycles. The summed E-state index contributed by atoms with van der Waals surface area (Å²) in [6.45, 7) is 2.23. The van der Waals surface area contributed by atoms with Gasteiger partial charge in [0.25, 0.3) is 5.91 Å². The molecule has 0 unspecified atom stereocenters. The zero-order valence-corrected chi connectivity index (χ0v) is 11.8. The maximum Gasteiger partial charge on any atom is 0.253 e. The lowest BCUT2D eigenvalue weighted by molar-refractivity contribution is -0.115. The zero-order chi connectivity index (χ0) is 15.1. The number of amides is 2. The molecule has 21 heavy (non-hydrogen) atoms. The smallest absolute Gasteiger partial charge is 0.253 e. The number of aromatic nitrogens is 1. The normalized spacial score (nSPS) is 9.95. The van der Waals surface area contributed by atoms with Gasteiger partial charge in [-0.3, -0.25) is 14.6 Å². The van der Waals surface area contributed by atoms with Gasteiger partial charge in [-0.1, -0.05) is 19.1 Å². The van der Waals surface area contributed by atoms with Crippen LogP contribution in [0.2, 0.25) is 0 Å². The van der Waals surface area contributed by atoms with E-state index in [2.05, 4.69) is 15.6 Å². The van der Waals surface area contributed by atoms with Crippen molar-refractivity contribution in [2.24, 2.45) is 0 Å². The van der Waals surface area contributed by atoms with Crippen LogP contribution in [-0.4, -0.2) is 16.8 Å². The summed E-state index contributed by atoms with van der Waals surface area (Å²) in [5, 5.41) is 5.60. The minimum absolute atomic E-state index is 0.0207. The van der Waals surface area contributed by atoms with Gasteiger partial charge in [0.05, 0.1) is 5.56 Å². The molecule has 5 heteroatoms. The average Bonchev–Trinajstić information content (AvgIpc) is 2.54. The van der Waals surface area contributed by atoms with Crippen molar-refractivity contribution in [3.63, 3.8) is 0 Å². The minimum atomic E-state index is -0.161. The summed E-state index contributed by atoms with van der Waals surface area (Å²) in [6.07, 6.45) is 3.60. The number of hydrogen-bond acceptors (Lipinski definition) is 3. The van der Waals surface area contributed by atoms with Crippen LogP contribution < -0.4 is 10.6 Å². The number of nitrogens with one attached hydrogen (secondary N) is 2. The quantitative estimate of drug-likeness (QED) is 0.885. The van der Waals surface area contributed by atoms with Gasteiger partial charge in [0.1, 0.15) is 0 Å². The van der Waals surface area contributed by atoms with Gasteiger partial charge in [0, 0.05) is 31.0 Å². The molecule has 0 aliphatic carbocycles. The predicted molar refractivity (Wildman–Crippen MR) is 80.8 cm³/mol. The summed E-state index contributed by atoms with van der Waals surface area (Å²) in [4.78, 5) is 27.0. The van der Waals surface area contributed by atoms with E-state index in [1.54, 1.807) is 25.3 Å². The molecular formula is C16H17N3O2. The maximum absolute atomic E-state index is 11.9. The summed E-state index contributed by atoms with van der Waals surface area (Å²) in [6, 6.07) is 10.8. The first-order valence-corrected chi connectivity index (χ1v) is 6.76. The number of pyridine rings is 1. The Balaban J connectivity index is 1.89. The lowest BCUT2D eigenvalue weighted by Gasteiger charge is -2.07. The predicted octanol–water partition coefficient (Wildman–Crippen LogP) is 2.36. The number of hydrogen-bond donors (Lipinski definition) is 2. The van der Waals surface area contributed by atoms with Crippen LogP contribution >= 0.6 is 0 Å². The van der Waals surface area contributed by atoms with Gasteiger partial charge >= 0.3 is 0 Å². The van der Waals surface area contributed by atoms with Crippen molar-refractivity contribution in [1.29, 1.82) is 0 Å². The SMILES string of the molecule is CCC(=O)Nc1ccc(CNC(=O)c2cccnc2)cc1. The molecule has 5 nitrogen and oxygen atoms in total. The van der Waals surface area contributed by atoms with E-state index < -0.39 is 0 Å². The molecule has 0 aliphatic heterocycles. The summed E-state index contributed by atoms with van der Waals surface area (Å²) in [5.41, 5.74) is 2.25. The van der Waals surface area contributed by atoms with Crippen molar-refractivity contribution in [1.82, 2.24) is 10.3 Å². The maximum atomic E-state index is 11.9. The minimum Gasteiger partial charge on any atom is -0.348 e. The molecule has 0 saturated carbocycles. The van der Waals surface area contributed by atoms with Crippen molar-refractivity contribution < 1.29 is 9.59 Å². The lowest BCUT2D eigenvalue weighted by Crippen LogP contribution is -2.22. The number of nitrogens with zero attached hydrogens (tertiary/aromatic N) is 1. The van der Waals surface area contributed by atoms with E-state index in [-0.39, 0.29) is 11.8 Å². The Morgan fingerprint density at radius 1 is 1.14 bits per heavy atom. The van der Waals surface area contributed by atoms with Crippen LogP contribution in [-0.2, 0) is 11.3 Å². The van der Waals surface area contributed by atoms with Gasteiger partial charge in [-0.15, -0.1) is 0 Å². The Labute approximate surface area is 123 Å². The number of anilines is 1. The zero-order valence-electron chi connectivity index (χ0n) is 11.8. The first kappa shape index (κ1) is 14.7. The fourth-order valence-corrected chi connectivity index (χ4v) is 1.74. The lowest BCUT2D eigenvalue weighted by atomic mass is 10.2. The van der Waals surface area contributed by atoms with Gasteiger partial charge in [-0.25, -0.2) is 0 Å². The first-order chi connectivity index (χ1) is 10.2. The molecule has 2 aromatic rings. The van der Waals surface area contributed by atoms with E-state index in [1.807, 2.05) is 24.3 Å². The monoisotopic (exact) mass is 283 g/mol. The summed E-state index contributed by atoms with van der Waals surface area (Å²) >= 11 is 0. The number of benzene rings is 1. The highest BCUT2D eigenvalue weighted by atomic mass is 16.2. The topological polar surface area (TPSA) is 71.1 Å². The highest BCUT2D eigenvalue weighted by Gasteiger charge is 2.04. The van der Waals surface area contributed by atoms with Crippen LogP contribution in [0.5, 0.6) is 0 Å². The fourth-order valence-electron chi connectivity index (χ4n) is 1.74. The number of rotatable bonds is 5. The second kappa shape index (κ2) is 7.19. The second-order valence-corrected chi connectivity index (χ2v) is 4.52. The van der Waals surface area contributed by atoms with Crippen LogP contribution in [0.4, 0.5) is 5.69 Å². The van der Waals surface area contributed by atoms with E-state index in [1.165, 1.54) is 6.20 Å². The van der Waals surface area contributed by atoms with Crippen LogP contribution in [0.15, 0.2) is 48.8 Å². The summed E-state index contributed by atoms with van der Waals surface area (Å²) in [5.74, 6) is -0.181. The van der Waals surface area contributed by atoms with Crippen LogP contribution in [0, 0.1) is 0 Å². The molecule has 0 radical (unpaired) electrons. The Morgan fingerprint density at radius 3 is 2.52 bits per heavy atom. The van der Waals surface area contributed by atoms with Gasteiger partial charge in [0.2, 0.25) is 5.91 Å². The third kappa shape index (κ3) is 4.42. The third-order valence-electron chi connectivity index (χ3n) is 2.94. The molecule has 0 bridgehead atoms. The van der Waals surface area contributed by atoms with Crippen LogP contribution in [0.3, 0.4) is 0 Å². The van der Waals surface area contributed by atoms with Crippen molar-refractivity contribution >= 4 is 17.5 Å². The van der Waals surface area contributed by atoms with E-state index in [0.29, 0.717) is 18.5 Å². The van der Waals surface area contributed by atoms with Gasteiger partial charge in [-0.05, 0) is 29.8 Å². The number of carbonyl (C=O) groups is 2. The molecule has 1 aromatic carbocycles. The van der Waals surface area contributed by atoms with Crippen LogP contribution in [0.1, 0.15) is 29.3 Å². The second-order valence-electron chi connectivity index (χ2n) is 4.52. The highest BCUT2D eigenvalue weighted by molar-refractivity contribution is 5.93. The standard InChI is InChI=1S/C16H17N3O2/c1-2-15(20)19-14-7-5-12(6-8-14)10-18-16(21)13-4-3-9-17-11-13/h3-9,11H,2,10H2,1H3,(H,18,21)(H,19,20). The van der Waals surface area contributed by atoms with Crippen molar-refractivity contribution in [3.05, 3.63) is 59.9 Å². The Morgan fingerprint density at radius 2 is 1.90 bits per heavy atom. The molecule has 0 atom stereocenters. The van der Waals surface area contributed by atoms with Crippen molar-refractivity contribution in [2.45, 2.75) is 19.9 Å². The molecule has 0 fully saturated rings. The van der Waals surface area contributed by atoms with E-state index >= 15 is 0 Å². The molecule has 0 spiro atoms. The van der Waals surface area contributed by atoms with E-state index in [9.17, 15) is 9.59 Å². The highest BCUT2D eigenvalue weighted by Crippen LogP contribution is 2.10. The summed E-state index contributed by atoms with van der Waals surface area (Å²) < 4.78 is 0.